The molecule has 0 aromatic rings. The van der Waals surface area contributed by atoms with E-state index in [2.05, 4.69) is 0 Å². The zero-order valence-corrected chi connectivity index (χ0v) is 7.44. The van der Waals surface area contributed by atoms with Crippen molar-refractivity contribution in [1.82, 2.24) is 0 Å². The van der Waals surface area contributed by atoms with Gasteiger partial charge in [0.05, 0.1) is 0 Å². The summed E-state index contributed by atoms with van der Waals surface area (Å²) in [5, 5.41) is 0. The molecule has 0 spiro atoms. The predicted octanol–water partition coefficient (Wildman–Crippen LogP) is -8.04. The zero-order valence-electron chi connectivity index (χ0n) is 4.10. The molecule has 0 aliphatic heterocycles. The quantitative estimate of drug-likeness (QED) is 0.329. The summed E-state index contributed by atoms with van der Waals surface area (Å²) in [6.45, 7) is 0. The molecule has 0 aliphatic carbocycles. The molecule has 0 saturated heterocycles. The van der Waals surface area contributed by atoms with Gasteiger partial charge in [0.1, 0.15) is 0 Å². The van der Waals surface area contributed by atoms with E-state index in [0.29, 0.717) is 0 Å². The second kappa shape index (κ2) is 4.35. The van der Waals surface area contributed by atoms with E-state index in [4.69, 9.17) is 29.4 Å². The van der Waals surface area contributed by atoms with Crippen molar-refractivity contribution in [3.63, 3.8) is 0 Å². The van der Waals surface area contributed by atoms with Crippen LogP contribution in [0.3, 0.4) is 0 Å². The van der Waals surface area contributed by atoms with E-state index in [9.17, 15) is 0 Å². The Hall–Kier alpha value is 0.449. The Morgan fingerprint density at radius 1 is 1.10 bits per heavy atom. The molecule has 10 heavy (non-hydrogen) atoms. The number of rotatable bonds is 0. The summed E-state index contributed by atoms with van der Waals surface area (Å²) in [4.78, 5) is 0. The molecular weight excluding hydrogens is 310 g/mol. The summed E-state index contributed by atoms with van der Waals surface area (Å²) in [6.07, 6.45) is 0. The van der Waals surface area contributed by atoms with E-state index in [0.717, 1.165) is 0 Å². The fourth-order valence-corrected chi connectivity index (χ4v) is 0. The van der Waals surface area contributed by atoms with Crippen LogP contribution in [0.4, 0.5) is 0 Å². The Bertz CT molecular complexity index is 187. The first-order valence-corrected chi connectivity index (χ1v) is 6.84. The van der Waals surface area contributed by atoms with Crippen LogP contribution in [-0.4, -0.2) is 7.62 Å². The van der Waals surface area contributed by atoms with Gasteiger partial charge in [0.15, 0.2) is 0 Å². The first-order chi connectivity index (χ1) is 4.00. The summed E-state index contributed by atoms with van der Waals surface area (Å²) in [5.41, 5.74) is 0. The SMILES string of the molecule is [O-][I+3]([O-])([O-])O.[O]=[Mn](=[O])(=[O])[OH]. The zero-order chi connectivity index (χ0) is 9.00. The van der Waals surface area contributed by atoms with Crippen molar-refractivity contribution in [1.29, 1.82) is 0 Å². The number of hydrogen-bond donors (Lipinski definition) is 2. The van der Waals surface area contributed by atoms with E-state index < -0.39 is 33.1 Å². The topological polar surface area (TPSA) is 161 Å². The first kappa shape index (κ1) is 13.1. The molecule has 0 fully saturated rings. The standard InChI is InChI=1S/HIO4.Mn.H2O.3O/c2-1(3,4)5;;;;;/h2H;;1H2;;;/q;+1;;;;/p-1. The molecule has 8 nitrogen and oxygen atoms in total. The molecule has 0 aromatic heterocycles. The molecule has 2 N–H and O–H groups in total. The van der Waals surface area contributed by atoms with Crippen LogP contribution in [0, 0.1) is 0 Å². The fraction of sp³-hybridized carbons (Fsp3) is 0. The minimum absolute atomic E-state index is 5.38. The average molecular weight is 312 g/mol. The van der Waals surface area contributed by atoms with Gasteiger partial charge in [-0.25, -0.2) is 0 Å². The summed E-state index contributed by atoms with van der Waals surface area (Å²) >= 11 is -11.1. The van der Waals surface area contributed by atoms with E-state index in [1.807, 2.05) is 0 Å². The Morgan fingerprint density at radius 3 is 1.10 bits per heavy atom. The molecular formula is H2IMnO8. The third-order valence-corrected chi connectivity index (χ3v) is 0. The summed E-state index contributed by atoms with van der Waals surface area (Å²) < 4.78 is 66.3. The first-order valence-electron chi connectivity index (χ1n) is 1.26. The Morgan fingerprint density at radius 2 is 1.10 bits per heavy atom. The van der Waals surface area contributed by atoms with Gasteiger partial charge in [-0.3, -0.25) is 10.3 Å². The molecule has 0 saturated carbocycles. The monoisotopic (exact) mass is 312 g/mol. The summed E-state index contributed by atoms with van der Waals surface area (Å²) in [7, 11) is 0. The molecule has 0 rings (SSSR count). The Balaban J connectivity index is 0. The van der Waals surface area contributed by atoms with E-state index >= 15 is 0 Å². The number of halogens is 1. The predicted molar refractivity (Wildman–Crippen MR) is 6.50 cm³/mol. The van der Waals surface area contributed by atoms with Gasteiger partial charge in [-0.15, -0.1) is 0 Å². The average Bonchev–Trinajstić information content (AvgIpc) is 1.12. The normalized spacial score (nSPS) is 11.7. The van der Waals surface area contributed by atoms with Crippen molar-refractivity contribution in [2.75, 3.05) is 0 Å². The third-order valence-electron chi connectivity index (χ3n) is 0. The van der Waals surface area contributed by atoms with Gasteiger partial charge in [-0.2, -0.15) is 0 Å². The van der Waals surface area contributed by atoms with Gasteiger partial charge in [-0.1, -0.05) is 0 Å². The van der Waals surface area contributed by atoms with Crippen molar-refractivity contribution in [2.24, 2.45) is 0 Å². The van der Waals surface area contributed by atoms with Gasteiger partial charge >= 0.3 is 48.8 Å². The molecule has 0 amide bonds. The van der Waals surface area contributed by atoms with Crippen LogP contribution in [-0.2, 0) is 24.5 Å². The van der Waals surface area contributed by atoms with Crippen LogP contribution >= 0.6 is 0 Å². The molecule has 0 aromatic carbocycles. The van der Waals surface area contributed by atoms with Crippen LogP contribution in [0.5, 0.6) is 0 Å². The molecule has 0 unspecified atom stereocenters. The summed E-state index contributed by atoms with van der Waals surface area (Å²) in [5.74, 6) is 0. The van der Waals surface area contributed by atoms with Crippen LogP contribution in [0.25, 0.3) is 0 Å². The van der Waals surface area contributed by atoms with Crippen molar-refractivity contribution in [3.05, 3.63) is 0 Å². The van der Waals surface area contributed by atoms with Crippen LogP contribution in [0.1, 0.15) is 0 Å². The van der Waals surface area contributed by atoms with E-state index in [1.165, 1.54) is 0 Å². The summed E-state index contributed by atoms with van der Waals surface area (Å²) in [6, 6.07) is 0. The molecule has 0 atom stereocenters. The van der Waals surface area contributed by atoms with Gasteiger partial charge in [0.2, 0.25) is 0 Å². The third kappa shape index (κ3) is 2320. The molecule has 0 aliphatic rings. The van der Waals surface area contributed by atoms with Crippen molar-refractivity contribution in [3.8, 4) is 0 Å². The molecule has 0 heterocycles. The van der Waals surface area contributed by atoms with Crippen molar-refractivity contribution < 1.29 is 62.5 Å². The van der Waals surface area contributed by atoms with Crippen LogP contribution < -0.4 is 30.4 Å². The second-order valence-corrected chi connectivity index (χ2v) is 4.29. The molecule has 64 valence electrons. The Labute approximate surface area is 62.6 Å². The maximum absolute atomic E-state index is 8.73. The van der Waals surface area contributed by atoms with Gasteiger partial charge in [0, 0.05) is 3.44 Å². The fourth-order valence-electron chi connectivity index (χ4n) is 0. The van der Waals surface area contributed by atoms with E-state index in [-0.39, 0.29) is 0 Å². The minimum atomic E-state index is -5.69. The molecule has 10 heteroatoms. The maximum atomic E-state index is 8.73. The van der Waals surface area contributed by atoms with E-state index in [1.54, 1.807) is 0 Å². The van der Waals surface area contributed by atoms with Gasteiger partial charge in [0.25, 0.3) is 0 Å². The molecule has 0 bridgehead atoms. The van der Waals surface area contributed by atoms with Gasteiger partial charge in [-0.05, 0) is 0 Å². The van der Waals surface area contributed by atoms with Gasteiger partial charge < -0.3 is 0 Å². The number of hydrogen-bond acceptors (Lipinski definition) is 7. The second-order valence-electron chi connectivity index (χ2n) is 0.792. The molecule has 0 radical (unpaired) electrons. The van der Waals surface area contributed by atoms with Crippen LogP contribution in [0.15, 0.2) is 0 Å². The van der Waals surface area contributed by atoms with Crippen molar-refractivity contribution in [2.45, 2.75) is 0 Å². The van der Waals surface area contributed by atoms with Crippen LogP contribution in [0.2, 0.25) is 0 Å². The van der Waals surface area contributed by atoms with Crippen molar-refractivity contribution >= 4 is 0 Å². The Kier molecular flexibility index (Phi) is 5.69.